The number of piperidine rings is 1. The summed E-state index contributed by atoms with van der Waals surface area (Å²) in [6.07, 6.45) is -4.29. The van der Waals surface area contributed by atoms with Crippen LogP contribution in [0.2, 0.25) is 5.02 Å². The smallest absolute Gasteiger partial charge is 0.418 e. The van der Waals surface area contributed by atoms with Gasteiger partial charge < -0.3 is 10.1 Å². The maximum atomic E-state index is 13.2. The molecule has 0 bridgehead atoms. The van der Waals surface area contributed by atoms with Crippen LogP contribution in [-0.4, -0.2) is 38.3 Å². The molecular weight excluding hydrogens is 469 g/mol. The maximum absolute atomic E-state index is 13.2. The first-order valence-corrected chi connectivity index (χ1v) is 11.7. The molecule has 174 valence electrons. The molecule has 1 amide bonds. The van der Waals surface area contributed by atoms with Crippen molar-refractivity contribution in [3.8, 4) is 5.75 Å². The van der Waals surface area contributed by atoms with E-state index in [-0.39, 0.29) is 41.5 Å². The van der Waals surface area contributed by atoms with Gasteiger partial charge in [0.2, 0.25) is 15.9 Å². The second-order valence-electron chi connectivity index (χ2n) is 7.26. The molecule has 32 heavy (non-hydrogen) atoms. The van der Waals surface area contributed by atoms with Crippen LogP contribution in [0.15, 0.2) is 47.4 Å². The highest BCUT2D eigenvalue weighted by atomic mass is 35.5. The van der Waals surface area contributed by atoms with E-state index in [2.05, 4.69) is 5.32 Å². The predicted molar refractivity (Wildman–Crippen MR) is 114 cm³/mol. The molecule has 0 aromatic heterocycles. The number of ether oxygens (including phenoxy) is 1. The molecule has 0 radical (unpaired) electrons. The number of rotatable bonds is 6. The fraction of sp³-hybridized carbons (Fsp3) is 0.381. The van der Waals surface area contributed by atoms with Gasteiger partial charge in [-0.05, 0) is 62.2 Å². The standard InChI is InChI=1S/C21H22ClF3N2O4S/c1-2-31-16-4-6-17(7-5-16)32(29,30)27-11-9-14(10-12-27)20(28)26-19-8-3-15(22)13-18(19)21(23,24)25/h3-8,13-14H,2,9-12H2,1H3,(H,26,28). The molecule has 6 nitrogen and oxygen atoms in total. The first kappa shape index (κ1) is 24.3. The number of benzene rings is 2. The Labute approximate surface area is 189 Å². The normalized spacial score (nSPS) is 16.0. The lowest BCUT2D eigenvalue weighted by Crippen LogP contribution is -2.41. The predicted octanol–water partition coefficient (Wildman–Crippen LogP) is 4.80. The van der Waals surface area contributed by atoms with E-state index in [4.69, 9.17) is 16.3 Å². The number of anilines is 1. The second kappa shape index (κ2) is 9.68. The van der Waals surface area contributed by atoms with Gasteiger partial charge in [0.05, 0.1) is 22.8 Å². The number of sulfonamides is 1. The van der Waals surface area contributed by atoms with Gasteiger partial charge in [-0.15, -0.1) is 0 Å². The molecule has 0 saturated carbocycles. The maximum Gasteiger partial charge on any atom is 0.418 e. The summed E-state index contributed by atoms with van der Waals surface area (Å²) in [7, 11) is -3.75. The summed E-state index contributed by atoms with van der Waals surface area (Å²) in [4.78, 5) is 12.7. The van der Waals surface area contributed by atoms with Crippen molar-refractivity contribution < 1.29 is 31.1 Å². The van der Waals surface area contributed by atoms with E-state index in [1.807, 2.05) is 6.92 Å². The molecule has 2 aromatic carbocycles. The van der Waals surface area contributed by atoms with Crippen LogP contribution in [0, 0.1) is 5.92 Å². The summed E-state index contributed by atoms with van der Waals surface area (Å²) in [6.45, 7) is 2.45. The third kappa shape index (κ3) is 5.54. The lowest BCUT2D eigenvalue weighted by molar-refractivity contribution is -0.137. The molecule has 1 heterocycles. The van der Waals surface area contributed by atoms with Crippen LogP contribution in [0.5, 0.6) is 5.75 Å². The van der Waals surface area contributed by atoms with Gasteiger partial charge in [0.1, 0.15) is 5.75 Å². The Hall–Kier alpha value is -2.30. The Kier molecular flexibility index (Phi) is 7.36. The minimum Gasteiger partial charge on any atom is -0.494 e. The van der Waals surface area contributed by atoms with Crippen molar-refractivity contribution in [3.05, 3.63) is 53.1 Å². The lowest BCUT2D eigenvalue weighted by Gasteiger charge is -2.30. The summed E-state index contributed by atoms with van der Waals surface area (Å²) >= 11 is 5.66. The molecule has 1 aliphatic heterocycles. The van der Waals surface area contributed by atoms with Gasteiger partial charge in [0.25, 0.3) is 0 Å². The number of halogens is 4. The van der Waals surface area contributed by atoms with Gasteiger partial charge in [-0.2, -0.15) is 17.5 Å². The molecule has 1 N–H and O–H groups in total. The average Bonchev–Trinajstić information content (AvgIpc) is 2.75. The summed E-state index contributed by atoms with van der Waals surface area (Å²) < 4.78 is 72.0. The number of alkyl halides is 3. The number of hydrogen-bond acceptors (Lipinski definition) is 4. The highest BCUT2D eigenvalue weighted by Gasteiger charge is 2.36. The Morgan fingerprint density at radius 3 is 2.34 bits per heavy atom. The number of carbonyl (C=O) groups is 1. The van der Waals surface area contributed by atoms with Crippen LogP contribution in [0.4, 0.5) is 18.9 Å². The summed E-state index contributed by atoms with van der Waals surface area (Å²) in [5, 5.41) is 2.22. The fourth-order valence-electron chi connectivity index (χ4n) is 3.48. The van der Waals surface area contributed by atoms with Crippen LogP contribution in [-0.2, 0) is 21.0 Å². The van der Waals surface area contributed by atoms with Crippen molar-refractivity contribution in [2.75, 3.05) is 25.0 Å². The van der Waals surface area contributed by atoms with E-state index in [0.29, 0.717) is 12.4 Å². The van der Waals surface area contributed by atoms with Crippen molar-refractivity contribution in [1.82, 2.24) is 4.31 Å². The van der Waals surface area contributed by atoms with Crippen LogP contribution in [0.3, 0.4) is 0 Å². The van der Waals surface area contributed by atoms with E-state index >= 15 is 0 Å². The van der Waals surface area contributed by atoms with Crippen molar-refractivity contribution in [1.29, 1.82) is 0 Å². The van der Waals surface area contributed by atoms with E-state index < -0.39 is 33.6 Å². The zero-order valence-corrected chi connectivity index (χ0v) is 18.7. The molecule has 0 spiro atoms. The number of nitrogens with one attached hydrogen (secondary N) is 1. The zero-order valence-electron chi connectivity index (χ0n) is 17.2. The van der Waals surface area contributed by atoms with E-state index in [1.54, 1.807) is 12.1 Å². The molecule has 1 fully saturated rings. The Morgan fingerprint density at radius 1 is 1.16 bits per heavy atom. The SMILES string of the molecule is CCOc1ccc(S(=O)(=O)N2CCC(C(=O)Nc3ccc(Cl)cc3C(F)(F)F)CC2)cc1. The monoisotopic (exact) mass is 490 g/mol. The van der Waals surface area contributed by atoms with Gasteiger partial charge in [0, 0.05) is 24.0 Å². The summed E-state index contributed by atoms with van der Waals surface area (Å²) in [5.74, 6) is -0.642. The topological polar surface area (TPSA) is 75.7 Å². The molecule has 2 aromatic rings. The summed E-state index contributed by atoms with van der Waals surface area (Å²) in [5.41, 5.74) is -1.41. The van der Waals surface area contributed by atoms with Gasteiger partial charge in [-0.3, -0.25) is 4.79 Å². The van der Waals surface area contributed by atoms with Crippen LogP contribution >= 0.6 is 11.6 Å². The average molecular weight is 491 g/mol. The minimum atomic E-state index is -4.68. The van der Waals surface area contributed by atoms with Crippen LogP contribution < -0.4 is 10.1 Å². The molecule has 3 rings (SSSR count). The Balaban J connectivity index is 1.65. The zero-order chi connectivity index (χ0) is 23.5. The van der Waals surface area contributed by atoms with E-state index in [1.165, 1.54) is 22.5 Å². The molecule has 1 saturated heterocycles. The fourth-order valence-corrected chi connectivity index (χ4v) is 5.12. The van der Waals surface area contributed by atoms with Gasteiger partial charge >= 0.3 is 6.18 Å². The minimum absolute atomic E-state index is 0.0837. The number of nitrogens with zero attached hydrogens (tertiary/aromatic N) is 1. The van der Waals surface area contributed by atoms with Gasteiger partial charge in [0.15, 0.2) is 0 Å². The quantitative estimate of drug-likeness (QED) is 0.631. The molecule has 11 heteroatoms. The number of carbonyl (C=O) groups excluding carboxylic acids is 1. The largest absolute Gasteiger partial charge is 0.494 e. The van der Waals surface area contributed by atoms with Crippen LogP contribution in [0.25, 0.3) is 0 Å². The first-order chi connectivity index (χ1) is 15.0. The molecule has 0 unspecified atom stereocenters. The highest BCUT2D eigenvalue weighted by molar-refractivity contribution is 7.89. The van der Waals surface area contributed by atoms with Crippen molar-refractivity contribution in [2.24, 2.45) is 5.92 Å². The van der Waals surface area contributed by atoms with Gasteiger partial charge in [-0.25, -0.2) is 8.42 Å². The van der Waals surface area contributed by atoms with Crippen LogP contribution in [0.1, 0.15) is 25.3 Å². The molecular formula is C21H22ClF3N2O4S. The summed E-state index contributed by atoms with van der Waals surface area (Å²) in [6, 6.07) is 9.18. The Bertz CT molecular complexity index is 1070. The molecule has 0 aliphatic carbocycles. The van der Waals surface area contributed by atoms with E-state index in [0.717, 1.165) is 12.1 Å². The Morgan fingerprint density at radius 2 is 1.78 bits per heavy atom. The van der Waals surface area contributed by atoms with Gasteiger partial charge in [-0.1, -0.05) is 11.6 Å². The van der Waals surface area contributed by atoms with Crippen molar-refractivity contribution in [3.63, 3.8) is 0 Å². The third-order valence-electron chi connectivity index (χ3n) is 5.14. The van der Waals surface area contributed by atoms with E-state index in [9.17, 15) is 26.4 Å². The molecule has 1 aliphatic rings. The first-order valence-electron chi connectivity index (χ1n) is 9.93. The van der Waals surface area contributed by atoms with Crippen molar-refractivity contribution >= 4 is 33.2 Å². The second-order valence-corrected chi connectivity index (χ2v) is 9.63. The molecule has 0 atom stereocenters. The van der Waals surface area contributed by atoms with Crippen molar-refractivity contribution in [2.45, 2.75) is 30.8 Å². The third-order valence-corrected chi connectivity index (χ3v) is 7.29. The number of hydrogen-bond donors (Lipinski definition) is 1. The highest BCUT2D eigenvalue weighted by Crippen LogP contribution is 2.37. The number of amides is 1. The lowest BCUT2D eigenvalue weighted by atomic mass is 9.97.